The second kappa shape index (κ2) is 3.35. The third-order valence-electron chi connectivity index (χ3n) is 1.68. The fourth-order valence-corrected chi connectivity index (χ4v) is 1.05. The second-order valence-corrected chi connectivity index (χ2v) is 2.76. The molecule has 0 amide bonds. The van der Waals surface area contributed by atoms with Crippen LogP contribution in [0.2, 0.25) is 0 Å². The van der Waals surface area contributed by atoms with Gasteiger partial charge in [0.05, 0.1) is 0 Å². The number of alkyl halides is 3. The zero-order valence-electron chi connectivity index (χ0n) is 6.88. The van der Waals surface area contributed by atoms with Crippen LogP contribution in [0.5, 0.6) is 0 Å². The zero-order valence-corrected chi connectivity index (χ0v) is 6.88. The first-order valence-electron chi connectivity index (χ1n) is 3.62. The van der Waals surface area contributed by atoms with Crippen molar-refractivity contribution in [3.8, 4) is 6.26 Å². The van der Waals surface area contributed by atoms with Crippen LogP contribution < -0.4 is 0 Å². The smallest absolute Gasteiger partial charge is 0.389 e. The number of aliphatic hydroxyl groups is 1. The van der Waals surface area contributed by atoms with Crippen LogP contribution in [0.15, 0.2) is 23.8 Å². The summed E-state index contributed by atoms with van der Waals surface area (Å²) in [5, 5.41) is 17.4. The van der Waals surface area contributed by atoms with Gasteiger partial charge in [0, 0.05) is 12.0 Å². The molecule has 0 saturated heterocycles. The minimum atomic E-state index is -4.52. The molecule has 1 atom stereocenters. The predicted molar refractivity (Wildman–Crippen MR) is 39.5 cm³/mol. The van der Waals surface area contributed by atoms with Crippen molar-refractivity contribution in [2.45, 2.75) is 18.4 Å². The minimum absolute atomic E-state index is 0.777. The van der Waals surface area contributed by atoms with E-state index in [0.29, 0.717) is 0 Å². The van der Waals surface area contributed by atoms with Gasteiger partial charge in [-0.05, 0) is 6.08 Å². The second-order valence-electron chi connectivity index (χ2n) is 2.76. The molecule has 76 valence electrons. The normalized spacial score (nSPS) is 26.6. The largest absolute Gasteiger partial charge is 0.412 e. The molecule has 1 aliphatic carbocycles. The average Bonchev–Trinajstić information content (AvgIpc) is 2.02. The first kappa shape index (κ1) is 10.6. The number of rotatable bonds is 1. The molecule has 0 aliphatic heterocycles. The first-order valence-corrected chi connectivity index (χ1v) is 3.62. The van der Waals surface area contributed by atoms with E-state index in [1.807, 2.05) is 0 Å². The van der Waals surface area contributed by atoms with Gasteiger partial charge >= 0.3 is 6.18 Å². The molecule has 0 radical (unpaired) electrons. The van der Waals surface area contributed by atoms with E-state index in [9.17, 15) is 18.3 Å². The predicted octanol–water partition coefficient (Wildman–Crippen LogP) is 1.62. The van der Waals surface area contributed by atoms with Gasteiger partial charge in [-0.3, -0.25) is 0 Å². The van der Waals surface area contributed by atoms with Gasteiger partial charge in [0.1, 0.15) is 0 Å². The maximum atomic E-state index is 12.2. The summed E-state index contributed by atoms with van der Waals surface area (Å²) in [6.07, 6.45) is -1.32. The van der Waals surface area contributed by atoms with Gasteiger partial charge in [0.15, 0.2) is 0 Å². The van der Waals surface area contributed by atoms with Gasteiger partial charge in [-0.1, -0.05) is 12.2 Å². The van der Waals surface area contributed by atoms with Crippen LogP contribution in [0.4, 0.5) is 13.2 Å². The SMILES string of the molecule is N#COC1(O)C=CC=C(C(F)(F)F)C1. The molecule has 6 heteroatoms. The van der Waals surface area contributed by atoms with Gasteiger partial charge in [-0.15, -0.1) is 0 Å². The number of ether oxygens (including phenoxy) is 1. The highest BCUT2D eigenvalue weighted by atomic mass is 19.4. The summed E-state index contributed by atoms with van der Waals surface area (Å²) in [6, 6.07) is 0. The highest BCUT2D eigenvalue weighted by Gasteiger charge is 2.41. The molecule has 0 aromatic carbocycles. The molecule has 0 heterocycles. The maximum absolute atomic E-state index is 12.2. The quantitative estimate of drug-likeness (QED) is 0.522. The van der Waals surface area contributed by atoms with Crippen molar-refractivity contribution >= 4 is 0 Å². The average molecular weight is 205 g/mol. The Labute approximate surface area is 77.7 Å². The van der Waals surface area contributed by atoms with Gasteiger partial charge in [0.25, 0.3) is 6.26 Å². The Hall–Kier alpha value is -1.48. The van der Waals surface area contributed by atoms with Crippen molar-refractivity contribution < 1.29 is 23.0 Å². The number of halogens is 3. The summed E-state index contributed by atoms with van der Waals surface area (Å²) in [5.74, 6) is -2.17. The van der Waals surface area contributed by atoms with Crippen LogP contribution in [-0.4, -0.2) is 17.1 Å². The molecule has 0 saturated carbocycles. The molecule has 14 heavy (non-hydrogen) atoms. The number of hydrogen-bond acceptors (Lipinski definition) is 3. The zero-order chi connectivity index (χ0) is 10.8. The molecular formula is C8H6F3NO2. The number of nitrogens with zero attached hydrogens (tertiary/aromatic N) is 1. The van der Waals surface area contributed by atoms with Crippen molar-refractivity contribution in [3.63, 3.8) is 0 Å². The van der Waals surface area contributed by atoms with Crippen LogP contribution >= 0.6 is 0 Å². The standard InChI is InChI=1S/C8H6F3NO2/c9-8(10,11)6-2-1-3-7(13,4-6)14-5-12/h1-3,13H,4H2. The van der Waals surface area contributed by atoms with Crippen molar-refractivity contribution in [2.75, 3.05) is 0 Å². The molecule has 3 nitrogen and oxygen atoms in total. The van der Waals surface area contributed by atoms with Crippen LogP contribution in [0.25, 0.3) is 0 Å². The number of nitriles is 1. The summed E-state index contributed by atoms with van der Waals surface area (Å²) in [4.78, 5) is 0. The molecular weight excluding hydrogens is 199 g/mol. The van der Waals surface area contributed by atoms with Crippen molar-refractivity contribution in [1.29, 1.82) is 5.26 Å². The molecule has 0 aromatic rings. The summed E-state index contributed by atoms with van der Waals surface area (Å²) in [7, 11) is 0. The third kappa shape index (κ3) is 2.26. The summed E-state index contributed by atoms with van der Waals surface area (Å²) in [5.41, 5.74) is -0.933. The van der Waals surface area contributed by atoms with Crippen LogP contribution in [-0.2, 0) is 4.74 Å². The molecule has 0 fully saturated rings. The lowest BCUT2D eigenvalue weighted by Gasteiger charge is -2.25. The highest BCUT2D eigenvalue weighted by molar-refractivity contribution is 5.26. The van der Waals surface area contributed by atoms with E-state index in [4.69, 9.17) is 5.26 Å². The monoisotopic (exact) mass is 205 g/mol. The van der Waals surface area contributed by atoms with E-state index in [0.717, 1.165) is 24.5 Å². The third-order valence-corrected chi connectivity index (χ3v) is 1.68. The number of allylic oxidation sites excluding steroid dienone is 2. The Morgan fingerprint density at radius 2 is 2.21 bits per heavy atom. The van der Waals surface area contributed by atoms with Gasteiger partial charge < -0.3 is 9.84 Å². The lowest BCUT2D eigenvalue weighted by molar-refractivity contribution is -0.143. The fraction of sp³-hybridized carbons (Fsp3) is 0.375. The molecule has 0 spiro atoms. The Morgan fingerprint density at radius 1 is 1.57 bits per heavy atom. The summed E-state index contributed by atoms with van der Waals surface area (Å²) in [6.45, 7) is 0. The summed E-state index contributed by atoms with van der Waals surface area (Å²) >= 11 is 0. The Kier molecular flexibility index (Phi) is 2.53. The molecule has 1 N–H and O–H groups in total. The van der Waals surface area contributed by atoms with Crippen LogP contribution in [0.3, 0.4) is 0 Å². The van der Waals surface area contributed by atoms with E-state index >= 15 is 0 Å². The van der Waals surface area contributed by atoms with E-state index in [1.54, 1.807) is 0 Å². The topological polar surface area (TPSA) is 53.2 Å². The Balaban J connectivity index is 2.85. The maximum Gasteiger partial charge on any atom is 0.412 e. The molecule has 1 unspecified atom stereocenters. The van der Waals surface area contributed by atoms with Crippen molar-refractivity contribution in [2.24, 2.45) is 0 Å². The molecule has 0 aromatic heterocycles. The molecule has 1 aliphatic rings. The van der Waals surface area contributed by atoms with E-state index in [1.165, 1.54) is 0 Å². The van der Waals surface area contributed by atoms with E-state index < -0.39 is 24.0 Å². The Bertz CT molecular complexity index is 326. The lowest BCUT2D eigenvalue weighted by Crippen LogP contribution is -2.33. The van der Waals surface area contributed by atoms with Gasteiger partial charge in [0.2, 0.25) is 5.79 Å². The number of hydrogen-bond donors (Lipinski definition) is 1. The Morgan fingerprint density at radius 3 is 2.71 bits per heavy atom. The van der Waals surface area contributed by atoms with Crippen molar-refractivity contribution in [1.82, 2.24) is 0 Å². The van der Waals surface area contributed by atoms with Gasteiger partial charge in [-0.2, -0.15) is 18.4 Å². The lowest BCUT2D eigenvalue weighted by atomic mass is 9.99. The van der Waals surface area contributed by atoms with Crippen molar-refractivity contribution in [3.05, 3.63) is 23.8 Å². The molecule has 0 bridgehead atoms. The minimum Gasteiger partial charge on any atom is -0.389 e. The van der Waals surface area contributed by atoms with E-state index in [2.05, 4.69) is 4.74 Å². The summed E-state index contributed by atoms with van der Waals surface area (Å²) < 4.78 is 40.6. The van der Waals surface area contributed by atoms with Crippen LogP contribution in [0, 0.1) is 11.5 Å². The van der Waals surface area contributed by atoms with Crippen LogP contribution in [0.1, 0.15) is 6.42 Å². The first-order chi connectivity index (χ1) is 6.37. The van der Waals surface area contributed by atoms with E-state index in [-0.39, 0.29) is 0 Å². The van der Waals surface area contributed by atoms with Gasteiger partial charge in [-0.25, -0.2) is 0 Å². The molecule has 1 rings (SSSR count). The fourth-order valence-electron chi connectivity index (χ4n) is 1.05. The highest BCUT2D eigenvalue weighted by Crippen LogP contribution is 2.35.